The molecule has 0 aliphatic carbocycles. The van der Waals surface area contributed by atoms with Crippen molar-refractivity contribution in [1.82, 2.24) is 5.32 Å². The summed E-state index contributed by atoms with van der Waals surface area (Å²) in [6.45, 7) is 11.3. The standard InChI is InChI=1S/C16H25BrN2O/c1-15(2)10-19(11-16(3,4)20-15)13-7-6-12(9-18-5)14(17)8-13/h6-8,18H,9-11H2,1-5H3. The second-order valence-corrected chi connectivity index (χ2v) is 7.64. The molecule has 0 radical (unpaired) electrons. The quantitative estimate of drug-likeness (QED) is 0.910. The van der Waals surface area contributed by atoms with Crippen molar-refractivity contribution < 1.29 is 4.74 Å². The van der Waals surface area contributed by atoms with Crippen molar-refractivity contribution in [2.75, 3.05) is 25.0 Å². The molecule has 1 aromatic carbocycles. The Morgan fingerprint density at radius 2 is 1.80 bits per heavy atom. The van der Waals surface area contributed by atoms with Crippen molar-refractivity contribution in [3.05, 3.63) is 28.2 Å². The highest BCUT2D eigenvalue weighted by Crippen LogP contribution is 2.33. The molecule has 1 aliphatic rings. The molecule has 0 aromatic heterocycles. The average Bonchev–Trinajstić information content (AvgIpc) is 2.28. The number of anilines is 1. The van der Waals surface area contributed by atoms with Gasteiger partial charge in [0.25, 0.3) is 0 Å². The van der Waals surface area contributed by atoms with Crippen LogP contribution in [-0.4, -0.2) is 31.3 Å². The van der Waals surface area contributed by atoms with Crippen molar-refractivity contribution in [3.63, 3.8) is 0 Å². The number of halogens is 1. The Morgan fingerprint density at radius 1 is 1.20 bits per heavy atom. The maximum Gasteiger partial charge on any atom is 0.0808 e. The minimum atomic E-state index is -0.127. The van der Waals surface area contributed by atoms with Gasteiger partial charge in [-0.2, -0.15) is 0 Å². The number of nitrogens with one attached hydrogen (secondary N) is 1. The topological polar surface area (TPSA) is 24.5 Å². The molecule has 0 atom stereocenters. The van der Waals surface area contributed by atoms with Crippen molar-refractivity contribution in [2.45, 2.75) is 45.4 Å². The van der Waals surface area contributed by atoms with Crippen LogP contribution in [0.25, 0.3) is 0 Å². The van der Waals surface area contributed by atoms with Crippen LogP contribution in [0.2, 0.25) is 0 Å². The second-order valence-electron chi connectivity index (χ2n) is 6.78. The molecule has 1 heterocycles. The third kappa shape index (κ3) is 3.74. The SMILES string of the molecule is CNCc1ccc(N2CC(C)(C)OC(C)(C)C2)cc1Br. The minimum absolute atomic E-state index is 0.127. The Labute approximate surface area is 130 Å². The summed E-state index contributed by atoms with van der Waals surface area (Å²) in [6.07, 6.45) is 0. The molecular weight excluding hydrogens is 316 g/mol. The maximum atomic E-state index is 6.14. The van der Waals surface area contributed by atoms with Crippen LogP contribution in [0.1, 0.15) is 33.3 Å². The first-order valence-electron chi connectivity index (χ1n) is 7.11. The number of nitrogens with zero attached hydrogens (tertiary/aromatic N) is 1. The first kappa shape index (κ1) is 15.8. The third-order valence-electron chi connectivity index (χ3n) is 3.46. The largest absolute Gasteiger partial charge is 0.366 e. The number of morpholine rings is 1. The van der Waals surface area contributed by atoms with Gasteiger partial charge >= 0.3 is 0 Å². The summed E-state index contributed by atoms with van der Waals surface area (Å²) in [6, 6.07) is 6.60. The summed E-state index contributed by atoms with van der Waals surface area (Å²) in [5.74, 6) is 0. The first-order valence-corrected chi connectivity index (χ1v) is 7.90. The molecule has 4 heteroatoms. The summed E-state index contributed by atoms with van der Waals surface area (Å²) in [7, 11) is 1.97. The Kier molecular flexibility index (Phi) is 4.47. The lowest BCUT2D eigenvalue weighted by molar-refractivity contribution is -0.133. The normalized spacial score (nSPS) is 21.0. The fourth-order valence-electron chi connectivity index (χ4n) is 3.04. The van der Waals surface area contributed by atoms with Gasteiger partial charge in [0.15, 0.2) is 0 Å². The predicted octanol–water partition coefficient (Wildman–Crippen LogP) is 3.56. The molecule has 1 aromatic rings. The van der Waals surface area contributed by atoms with Gasteiger partial charge in [-0.1, -0.05) is 22.0 Å². The highest BCUT2D eigenvalue weighted by Gasteiger charge is 2.38. The molecule has 1 saturated heterocycles. The van der Waals surface area contributed by atoms with E-state index < -0.39 is 0 Å². The van der Waals surface area contributed by atoms with Gasteiger partial charge < -0.3 is 15.0 Å². The van der Waals surface area contributed by atoms with E-state index in [1.807, 2.05) is 7.05 Å². The molecule has 112 valence electrons. The number of ether oxygens (including phenoxy) is 1. The van der Waals surface area contributed by atoms with E-state index in [1.54, 1.807) is 0 Å². The van der Waals surface area contributed by atoms with E-state index in [1.165, 1.54) is 11.3 Å². The molecule has 2 rings (SSSR count). The van der Waals surface area contributed by atoms with Crippen LogP contribution in [0.15, 0.2) is 22.7 Å². The van der Waals surface area contributed by atoms with Gasteiger partial charge in [-0.05, 0) is 52.4 Å². The molecule has 0 bridgehead atoms. The van der Waals surface area contributed by atoms with Crippen molar-refractivity contribution in [3.8, 4) is 0 Å². The van der Waals surface area contributed by atoms with E-state index in [0.29, 0.717) is 0 Å². The molecule has 0 spiro atoms. The third-order valence-corrected chi connectivity index (χ3v) is 4.20. The van der Waals surface area contributed by atoms with E-state index in [4.69, 9.17) is 4.74 Å². The zero-order valence-electron chi connectivity index (χ0n) is 13.1. The van der Waals surface area contributed by atoms with Crippen molar-refractivity contribution in [2.24, 2.45) is 0 Å². The molecule has 1 aliphatic heterocycles. The molecule has 0 amide bonds. The van der Waals surface area contributed by atoms with Crippen LogP contribution in [0.4, 0.5) is 5.69 Å². The molecular formula is C16H25BrN2O. The highest BCUT2D eigenvalue weighted by molar-refractivity contribution is 9.10. The summed E-state index contributed by atoms with van der Waals surface area (Å²) >= 11 is 3.67. The Bertz CT molecular complexity index is 469. The fourth-order valence-corrected chi connectivity index (χ4v) is 3.54. The molecule has 1 N–H and O–H groups in total. The Balaban J connectivity index is 2.24. The lowest BCUT2D eigenvalue weighted by Crippen LogP contribution is -2.57. The zero-order valence-corrected chi connectivity index (χ0v) is 14.7. The molecule has 3 nitrogen and oxygen atoms in total. The Morgan fingerprint density at radius 3 is 2.30 bits per heavy atom. The van der Waals surface area contributed by atoms with Gasteiger partial charge in [-0.3, -0.25) is 0 Å². The van der Waals surface area contributed by atoms with Crippen molar-refractivity contribution in [1.29, 1.82) is 0 Å². The molecule has 20 heavy (non-hydrogen) atoms. The smallest absolute Gasteiger partial charge is 0.0808 e. The predicted molar refractivity (Wildman–Crippen MR) is 88.4 cm³/mol. The van der Waals surface area contributed by atoms with Gasteiger partial charge in [0.05, 0.1) is 11.2 Å². The van der Waals surface area contributed by atoms with Crippen LogP contribution in [0.5, 0.6) is 0 Å². The molecule has 0 unspecified atom stereocenters. The van der Waals surface area contributed by atoms with Gasteiger partial charge in [0.2, 0.25) is 0 Å². The lowest BCUT2D eigenvalue weighted by Gasteiger charge is -2.48. The van der Waals surface area contributed by atoms with E-state index in [2.05, 4.69) is 72.0 Å². The van der Waals surface area contributed by atoms with Gasteiger partial charge in [-0.15, -0.1) is 0 Å². The monoisotopic (exact) mass is 340 g/mol. The molecule has 1 fully saturated rings. The van der Waals surface area contributed by atoms with E-state index >= 15 is 0 Å². The van der Waals surface area contributed by atoms with E-state index in [9.17, 15) is 0 Å². The second kappa shape index (κ2) is 5.66. The van der Waals surface area contributed by atoms with Gasteiger partial charge in [0, 0.05) is 29.8 Å². The lowest BCUT2D eigenvalue weighted by atomic mass is 9.98. The number of benzene rings is 1. The maximum absolute atomic E-state index is 6.14. The van der Waals surface area contributed by atoms with Crippen LogP contribution in [0, 0.1) is 0 Å². The van der Waals surface area contributed by atoms with Crippen LogP contribution >= 0.6 is 15.9 Å². The van der Waals surface area contributed by atoms with Gasteiger partial charge in [-0.25, -0.2) is 0 Å². The minimum Gasteiger partial charge on any atom is -0.366 e. The summed E-state index contributed by atoms with van der Waals surface area (Å²) < 4.78 is 7.30. The average molecular weight is 341 g/mol. The van der Waals surface area contributed by atoms with Gasteiger partial charge in [0.1, 0.15) is 0 Å². The van der Waals surface area contributed by atoms with E-state index in [-0.39, 0.29) is 11.2 Å². The number of hydrogen-bond donors (Lipinski definition) is 1. The number of rotatable bonds is 3. The van der Waals surface area contributed by atoms with Crippen LogP contribution in [0.3, 0.4) is 0 Å². The summed E-state index contributed by atoms with van der Waals surface area (Å²) in [4.78, 5) is 2.41. The summed E-state index contributed by atoms with van der Waals surface area (Å²) in [5.41, 5.74) is 2.28. The zero-order chi connectivity index (χ0) is 15.0. The molecule has 0 saturated carbocycles. The Hall–Kier alpha value is -0.580. The van der Waals surface area contributed by atoms with Crippen LogP contribution in [-0.2, 0) is 11.3 Å². The van der Waals surface area contributed by atoms with Crippen LogP contribution < -0.4 is 10.2 Å². The summed E-state index contributed by atoms with van der Waals surface area (Å²) in [5, 5.41) is 3.19. The first-order chi connectivity index (χ1) is 9.22. The highest BCUT2D eigenvalue weighted by atomic mass is 79.9. The van der Waals surface area contributed by atoms with Crippen molar-refractivity contribution >= 4 is 21.6 Å². The fraction of sp³-hybridized carbons (Fsp3) is 0.625. The van der Waals surface area contributed by atoms with E-state index in [0.717, 1.165) is 24.1 Å². The number of hydrogen-bond acceptors (Lipinski definition) is 3.